The molecule has 4 rings (SSSR count). The molecule has 0 unspecified atom stereocenters. The molecule has 3 aromatic rings. The van der Waals surface area contributed by atoms with Crippen LogP contribution in [-0.2, 0) is 11.0 Å². The maximum Gasteiger partial charge on any atom is 0.416 e. The summed E-state index contributed by atoms with van der Waals surface area (Å²) in [6.07, 6.45) is -3.37. The lowest BCUT2D eigenvalue weighted by atomic mass is 9.96. The van der Waals surface area contributed by atoms with Crippen LogP contribution >= 0.6 is 11.3 Å². The molecule has 1 fully saturated rings. The Hall–Kier alpha value is -2.68. The third-order valence-corrected chi connectivity index (χ3v) is 6.03. The standard InChI is InChI=1S/C20H17F4N3OS/c21-15-5-2-6-16-17(15)26-19(29-16)27-9-7-12(8-10-27)18(28)25-14-4-1-3-13(11-14)20(22,23)24/h1-6,11-12H,7-10H2,(H,25,28). The SMILES string of the molecule is O=C(Nc1cccc(C(F)(F)F)c1)C1CCN(c2nc3c(F)cccc3s2)CC1. The molecule has 2 heterocycles. The van der Waals surface area contributed by atoms with E-state index in [9.17, 15) is 22.4 Å². The lowest BCUT2D eigenvalue weighted by molar-refractivity contribution is -0.137. The van der Waals surface area contributed by atoms with Gasteiger partial charge in [-0.3, -0.25) is 4.79 Å². The van der Waals surface area contributed by atoms with Crippen molar-refractivity contribution >= 4 is 38.3 Å². The summed E-state index contributed by atoms with van der Waals surface area (Å²) in [5.74, 6) is -0.952. The Morgan fingerprint density at radius 1 is 1.14 bits per heavy atom. The number of nitrogens with zero attached hydrogens (tertiary/aromatic N) is 2. The molecule has 4 nitrogen and oxygen atoms in total. The van der Waals surface area contributed by atoms with Crippen molar-refractivity contribution < 1.29 is 22.4 Å². The van der Waals surface area contributed by atoms with Crippen LogP contribution in [0.1, 0.15) is 18.4 Å². The van der Waals surface area contributed by atoms with Crippen molar-refractivity contribution in [3.63, 3.8) is 0 Å². The number of carbonyl (C=O) groups is 1. The van der Waals surface area contributed by atoms with Crippen molar-refractivity contribution in [2.24, 2.45) is 5.92 Å². The van der Waals surface area contributed by atoms with E-state index in [1.54, 1.807) is 6.07 Å². The Balaban J connectivity index is 1.39. The molecule has 0 radical (unpaired) electrons. The van der Waals surface area contributed by atoms with Gasteiger partial charge < -0.3 is 10.2 Å². The van der Waals surface area contributed by atoms with Gasteiger partial charge in [0.15, 0.2) is 5.13 Å². The number of para-hydroxylation sites is 1. The van der Waals surface area contributed by atoms with Crippen LogP contribution in [0.5, 0.6) is 0 Å². The number of piperidine rings is 1. The number of anilines is 2. The molecule has 1 amide bonds. The number of aromatic nitrogens is 1. The van der Waals surface area contributed by atoms with E-state index in [-0.39, 0.29) is 23.3 Å². The van der Waals surface area contributed by atoms with Crippen LogP contribution in [-0.4, -0.2) is 24.0 Å². The summed E-state index contributed by atoms with van der Waals surface area (Å²) in [7, 11) is 0. The number of rotatable bonds is 3. The van der Waals surface area contributed by atoms with Gasteiger partial charge in [-0.1, -0.05) is 23.5 Å². The minimum atomic E-state index is -4.46. The van der Waals surface area contributed by atoms with Crippen molar-refractivity contribution in [2.45, 2.75) is 19.0 Å². The Labute approximate surface area is 168 Å². The number of benzene rings is 2. The fourth-order valence-electron chi connectivity index (χ4n) is 3.39. The van der Waals surface area contributed by atoms with Gasteiger partial charge in [0.2, 0.25) is 5.91 Å². The summed E-state index contributed by atoms with van der Waals surface area (Å²) < 4.78 is 53.1. The van der Waals surface area contributed by atoms with Gasteiger partial charge in [-0.2, -0.15) is 13.2 Å². The predicted molar refractivity (Wildman–Crippen MR) is 105 cm³/mol. The fraction of sp³-hybridized carbons (Fsp3) is 0.300. The Bertz CT molecular complexity index is 1040. The molecule has 9 heteroatoms. The quantitative estimate of drug-likeness (QED) is 0.581. The van der Waals surface area contributed by atoms with Gasteiger partial charge in [0, 0.05) is 24.7 Å². The van der Waals surface area contributed by atoms with E-state index in [1.807, 2.05) is 11.0 Å². The van der Waals surface area contributed by atoms with Crippen molar-refractivity contribution in [3.05, 3.63) is 53.8 Å². The number of hydrogen-bond acceptors (Lipinski definition) is 4. The molecule has 152 valence electrons. The van der Waals surface area contributed by atoms with Crippen LogP contribution in [0.25, 0.3) is 10.2 Å². The topological polar surface area (TPSA) is 45.2 Å². The van der Waals surface area contributed by atoms with Crippen LogP contribution < -0.4 is 10.2 Å². The van der Waals surface area contributed by atoms with Crippen LogP contribution in [0.3, 0.4) is 0 Å². The molecule has 0 saturated carbocycles. The lowest BCUT2D eigenvalue weighted by Crippen LogP contribution is -2.38. The van der Waals surface area contributed by atoms with E-state index in [2.05, 4.69) is 10.3 Å². The second kappa shape index (κ2) is 7.62. The average Bonchev–Trinajstić information content (AvgIpc) is 3.13. The van der Waals surface area contributed by atoms with Crippen molar-refractivity contribution in [1.29, 1.82) is 0 Å². The van der Waals surface area contributed by atoms with Gasteiger partial charge in [-0.25, -0.2) is 9.37 Å². The highest BCUT2D eigenvalue weighted by atomic mass is 32.1. The van der Waals surface area contributed by atoms with Gasteiger partial charge in [-0.05, 0) is 43.2 Å². The first-order valence-electron chi connectivity index (χ1n) is 9.09. The molecule has 1 aliphatic rings. The number of thiazole rings is 1. The first-order chi connectivity index (χ1) is 13.8. The number of nitrogens with one attached hydrogen (secondary N) is 1. The molecule has 1 aliphatic heterocycles. The molecule has 2 aromatic carbocycles. The first kappa shape index (κ1) is 19.6. The van der Waals surface area contributed by atoms with Gasteiger partial charge in [0.25, 0.3) is 0 Å². The van der Waals surface area contributed by atoms with Crippen molar-refractivity contribution in [1.82, 2.24) is 4.98 Å². The van der Waals surface area contributed by atoms with Gasteiger partial charge in [-0.15, -0.1) is 0 Å². The van der Waals surface area contributed by atoms with Crippen molar-refractivity contribution in [3.8, 4) is 0 Å². The highest BCUT2D eigenvalue weighted by Gasteiger charge is 2.31. The Kier molecular flexibility index (Phi) is 5.16. The second-order valence-corrected chi connectivity index (χ2v) is 7.92. The summed E-state index contributed by atoms with van der Waals surface area (Å²) in [4.78, 5) is 18.9. The summed E-state index contributed by atoms with van der Waals surface area (Å²) in [5.41, 5.74) is -0.320. The molecular weight excluding hydrogens is 406 g/mol. The van der Waals surface area contributed by atoms with E-state index >= 15 is 0 Å². The lowest BCUT2D eigenvalue weighted by Gasteiger charge is -2.31. The second-order valence-electron chi connectivity index (χ2n) is 6.91. The minimum absolute atomic E-state index is 0.133. The van der Waals surface area contributed by atoms with E-state index < -0.39 is 11.7 Å². The molecule has 1 saturated heterocycles. The number of amides is 1. The van der Waals surface area contributed by atoms with Crippen molar-refractivity contribution in [2.75, 3.05) is 23.3 Å². The number of hydrogen-bond donors (Lipinski definition) is 1. The summed E-state index contributed by atoms with van der Waals surface area (Å²) in [5, 5.41) is 3.30. The van der Waals surface area contributed by atoms with Crippen LogP contribution in [0.4, 0.5) is 28.4 Å². The van der Waals surface area contributed by atoms with Gasteiger partial charge >= 0.3 is 6.18 Å². The number of carbonyl (C=O) groups excluding carboxylic acids is 1. The summed E-state index contributed by atoms with van der Waals surface area (Å²) >= 11 is 1.40. The molecule has 0 spiro atoms. The third-order valence-electron chi connectivity index (χ3n) is 4.95. The van der Waals surface area contributed by atoms with Gasteiger partial charge in [0.05, 0.1) is 10.3 Å². The zero-order valence-corrected chi connectivity index (χ0v) is 16.0. The summed E-state index contributed by atoms with van der Waals surface area (Å²) in [6.45, 7) is 1.14. The average molecular weight is 423 g/mol. The number of halogens is 4. The monoisotopic (exact) mass is 423 g/mol. The Morgan fingerprint density at radius 2 is 1.86 bits per heavy atom. The molecule has 29 heavy (non-hydrogen) atoms. The van der Waals surface area contributed by atoms with E-state index in [1.165, 1.54) is 29.5 Å². The number of fused-ring (bicyclic) bond motifs is 1. The molecule has 0 atom stereocenters. The van der Waals surface area contributed by atoms with Crippen LogP contribution in [0.2, 0.25) is 0 Å². The molecule has 0 bridgehead atoms. The fourth-order valence-corrected chi connectivity index (χ4v) is 4.42. The number of alkyl halides is 3. The van der Waals surface area contributed by atoms with E-state index in [0.29, 0.717) is 36.6 Å². The smallest absolute Gasteiger partial charge is 0.348 e. The normalized spacial score (nSPS) is 15.7. The zero-order chi connectivity index (χ0) is 20.6. The molecule has 1 N–H and O–H groups in total. The summed E-state index contributed by atoms with van der Waals surface area (Å²) in [6, 6.07) is 9.44. The van der Waals surface area contributed by atoms with Gasteiger partial charge in [0.1, 0.15) is 11.3 Å². The molecule has 0 aliphatic carbocycles. The highest BCUT2D eigenvalue weighted by molar-refractivity contribution is 7.22. The maximum absolute atomic E-state index is 13.8. The maximum atomic E-state index is 13.8. The van der Waals surface area contributed by atoms with Crippen LogP contribution in [0, 0.1) is 11.7 Å². The van der Waals surface area contributed by atoms with E-state index in [4.69, 9.17) is 0 Å². The predicted octanol–water partition coefficient (Wildman–Crippen LogP) is 5.31. The zero-order valence-electron chi connectivity index (χ0n) is 15.2. The van der Waals surface area contributed by atoms with Crippen LogP contribution in [0.15, 0.2) is 42.5 Å². The third kappa shape index (κ3) is 4.19. The van der Waals surface area contributed by atoms with E-state index in [0.717, 1.165) is 16.8 Å². The Morgan fingerprint density at radius 3 is 2.55 bits per heavy atom. The minimum Gasteiger partial charge on any atom is -0.348 e. The first-order valence-corrected chi connectivity index (χ1v) is 9.91. The molecule has 1 aromatic heterocycles. The largest absolute Gasteiger partial charge is 0.416 e. The highest BCUT2D eigenvalue weighted by Crippen LogP contribution is 2.33. The molecular formula is C20H17F4N3OS.